The van der Waals surface area contributed by atoms with Crippen LogP contribution >= 0.6 is 0 Å². The van der Waals surface area contributed by atoms with Gasteiger partial charge in [-0.15, -0.1) is 6.58 Å². The fraction of sp³-hybridized carbons (Fsp3) is 0.182. The van der Waals surface area contributed by atoms with Gasteiger partial charge >= 0.3 is 6.18 Å². The van der Waals surface area contributed by atoms with E-state index in [-0.39, 0.29) is 11.3 Å². The van der Waals surface area contributed by atoms with Crippen LogP contribution in [0.1, 0.15) is 41.3 Å². The molecule has 44 heavy (non-hydrogen) atoms. The van der Waals surface area contributed by atoms with Crippen molar-refractivity contribution in [3.8, 4) is 0 Å². The van der Waals surface area contributed by atoms with Crippen LogP contribution in [0, 0.1) is 5.41 Å². The molecule has 0 saturated carbocycles. The molecule has 0 aliphatic carbocycles. The zero-order valence-electron chi connectivity index (χ0n) is 23.5. The molecular weight excluding hydrogens is 589 g/mol. The standard InChI is InChI=1S/C33H27F3N4O3S/c1-3-27-26-16-10-11-17-28(26)40(44(42,43)21-23-12-6-4-7-13-23)30(24-18-19-29(37-20-24)33(34,35)36)32(27)22(2)38-39(31(32)41)25-14-8-5-9-15-25/h3-20,27,30H,1,21H2,2H3/t27-,30-,32?/m1/s1. The number of fused-ring (bicyclic) bond motifs is 1. The Morgan fingerprint density at radius 2 is 1.57 bits per heavy atom. The predicted molar refractivity (Wildman–Crippen MR) is 162 cm³/mol. The molecule has 1 unspecified atom stereocenters. The molecule has 0 radical (unpaired) electrons. The number of aromatic nitrogens is 1. The van der Waals surface area contributed by atoms with Crippen LogP contribution < -0.4 is 9.31 Å². The summed E-state index contributed by atoms with van der Waals surface area (Å²) in [5, 5.41) is 5.88. The lowest BCUT2D eigenvalue weighted by Crippen LogP contribution is -2.58. The summed E-state index contributed by atoms with van der Waals surface area (Å²) in [5.41, 5.74) is -0.682. The fourth-order valence-electron chi connectivity index (χ4n) is 6.33. The van der Waals surface area contributed by atoms with Crippen molar-refractivity contribution in [2.45, 2.75) is 30.8 Å². The number of anilines is 2. The van der Waals surface area contributed by atoms with Crippen molar-refractivity contribution < 1.29 is 26.4 Å². The lowest BCUT2D eigenvalue weighted by molar-refractivity contribution is -0.141. The number of carbonyl (C=O) groups excluding carboxylic acids is 1. The van der Waals surface area contributed by atoms with Crippen LogP contribution in [0.4, 0.5) is 24.5 Å². The molecule has 0 fully saturated rings. The summed E-state index contributed by atoms with van der Waals surface area (Å²) >= 11 is 0. The molecule has 0 bridgehead atoms. The van der Waals surface area contributed by atoms with E-state index < -0.39 is 50.9 Å². The van der Waals surface area contributed by atoms with E-state index in [4.69, 9.17) is 0 Å². The number of hydrogen-bond donors (Lipinski definition) is 0. The molecule has 11 heteroatoms. The van der Waals surface area contributed by atoms with Gasteiger partial charge in [0.05, 0.1) is 28.9 Å². The molecule has 6 rings (SSSR count). The third kappa shape index (κ3) is 4.59. The molecule has 3 atom stereocenters. The van der Waals surface area contributed by atoms with Gasteiger partial charge in [0.2, 0.25) is 10.0 Å². The Balaban J connectivity index is 1.65. The Kier molecular flexibility index (Phi) is 7.16. The minimum Gasteiger partial charge on any atom is -0.271 e. The number of alkyl halides is 3. The summed E-state index contributed by atoms with van der Waals surface area (Å²) in [5.74, 6) is -1.75. The third-order valence-corrected chi connectivity index (χ3v) is 9.89. The lowest BCUT2D eigenvalue weighted by atomic mass is 9.60. The van der Waals surface area contributed by atoms with Gasteiger partial charge in [0.15, 0.2) is 0 Å². The van der Waals surface area contributed by atoms with Crippen LogP contribution in [0.25, 0.3) is 0 Å². The Bertz CT molecular complexity index is 1860. The van der Waals surface area contributed by atoms with Crippen LogP contribution in [-0.4, -0.2) is 25.0 Å². The van der Waals surface area contributed by atoms with Gasteiger partial charge in [-0.1, -0.05) is 78.9 Å². The first-order valence-corrected chi connectivity index (χ1v) is 15.4. The number of halogens is 3. The number of hydrazone groups is 1. The maximum Gasteiger partial charge on any atom is 0.433 e. The highest BCUT2D eigenvalue weighted by molar-refractivity contribution is 7.92. The van der Waals surface area contributed by atoms with Gasteiger partial charge in [-0.2, -0.15) is 23.3 Å². The van der Waals surface area contributed by atoms with E-state index in [0.29, 0.717) is 22.5 Å². The number of pyridine rings is 1. The second-order valence-corrected chi connectivity index (χ2v) is 12.5. The number of sulfonamides is 1. The first-order chi connectivity index (χ1) is 21.0. The Labute approximate surface area is 253 Å². The van der Waals surface area contributed by atoms with Crippen LogP contribution in [-0.2, 0) is 26.7 Å². The van der Waals surface area contributed by atoms with E-state index in [1.807, 2.05) is 0 Å². The van der Waals surface area contributed by atoms with Crippen molar-refractivity contribution in [2.75, 3.05) is 9.31 Å². The number of hydrogen-bond acceptors (Lipinski definition) is 5. The van der Waals surface area contributed by atoms with E-state index >= 15 is 0 Å². The second kappa shape index (κ2) is 10.7. The van der Waals surface area contributed by atoms with Crippen LogP contribution in [0.15, 0.2) is 121 Å². The van der Waals surface area contributed by atoms with Gasteiger partial charge in [0, 0.05) is 12.1 Å². The number of allylic oxidation sites excluding steroid dienone is 1. The van der Waals surface area contributed by atoms with Crippen molar-refractivity contribution in [1.82, 2.24) is 4.98 Å². The average molecular weight is 617 g/mol. The van der Waals surface area contributed by atoms with Gasteiger partial charge in [-0.25, -0.2) is 8.42 Å². The van der Waals surface area contributed by atoms with Crippen molar-refractivity contribution in [2.24, 2.45) is 10.5 Å². The minimum absolute atomic E-state index is 0.105. The monoisotopic (exact) mass is 616 g/mol. The number of nitrogens with zero attached hydrogens (tertiary/aromatic N) is 4. The number of para-hydroxylation sites is 2. The molecule has 3 aromatic carbocycles. The SMILES string of the molecule is C=C[C@@H]1c2ccccc2N(S(=O)(=O)Cc2ccccc2)[C@H](c2ccc(C(F)(F)F)nc2)C12C(=O)N(c1ccccc1)N=C2C. The van der Waals surface area contributed by atoms with E-state index in [0.717, 1.165) is 12.3 Å². The molecule has 0 N–H and O–H groups in total. The van der Waals surface area contributed by atoms with E-state index in [1.54, 1.807) is 97.9 Å². The van der Waals surface area contributed by atoms with Crippen molar-refractivity contribution in [1.29, 1.82) is 0 Å². The van der Waals surface area contributed by atoms with Gasteiger partial charge in [-0.3, -0.25) is 14.1 Å². The predicted octanol–water partition coefficient (Wildman–Crippen LogP) is 6.87. The summed E-state index contributed by atoms with van der Waals surface area (Å²) in [4.78, 5) is 18.5. The first kappa shape index (κ1) is 29.3. The summed E-state index contributed by atoms with van der Waals surface area (Å²) in [7, 11) is -4.29. The molecule has 3 heterocycles. The third-order valence-electron chi connectivity index (χ3n) is 8.18. The number of carbonyl (C=O) groups is 1. The van der Waals surface area contributed by atoms with Gasteiger partial charge in [0.25, 0.3) is 5.91 Å². The quantitative estimate of drug-likeness (QED) is 0.222. The normalized spacial score (nSPS) is 21.7. The molecule has 4 aromatic rings. The molecule has 1 amide bonds. The highest BCUT2D eigenvalue weighted by Crippen LogP contribution is 2.61. The number of amides is 1. The average Bonchev–Trinajstić information content (AvgIpc) is 3.26. The van der Waals surface area contributed by atoms with E-state index in [1.165, 1.54) is 15.4 Å². The highest BCUT2D eigenvalue weighted by Gasteiger charge is 2.65. The molecule has 7 nitrogen and oxygen atoms in total. The van der Waals surface area contributed by atoms with Gasteiger partial charge in [-0.05, 0) is 47.9 Å². The maximum atomic E-state index is 14.9. The first-order valence-electron chi connectivity index (χ1n) is 13.8. The molecular formula is C33H27F3N4O3S. The molecule has 224 valence electrons. The fourth-order valence-corrected chi connectivity index (χ4v) is 8.15. The zero-order valence-corrected chi connectivity index (χ0v) is 24.3. The lowest BCUT2D eigenvalue weighted by Gasteiger charge is -2.51. The van der Waals surface area contributed by atoms with Gasteiger partial charge < -0.3 is 0 Å². The number of rotatable bonds is 6. The maximum absolute atomic E-state index is 14.9. The highest BCUT2D eigenvalue weighted by atomic mass is 32.2. The van der Waals surface area contributed by atoms with Crippen molar-refractivity contribution >= 4 is 33.0 Å². The molecule has 1 spiro atoms. The second-order valence-electron chi connectivity index (χ2n) is 10.7. The van der Waals surface area contributed by atoms with E-state index in [9.17, 15) is 26.4 Å². The zero-order chi connectivity index (χ0) is 31.3. The van der Waals surface area contributed by atoms with Crippen LogP contribution in [0.5, 0.6) is 0 Å². The summed E-state index contributed by atoms with van der Waals surface area (Å²) in [6.45, 7) is 5.68. The minimum atomic E-state index is -4.72. The topological polar surface area (TPSA) is 82.9 Å². The van der Waals surface area contributed by atoms with Crippen LogP contribution in [0.2, 0.25) is 0 Å². The van der Waals surface area contributed by atoms with Crippen molar-refractivity contribution in [3.05, 3.63) is 138 Å². The molecule has 2 aliphatic heterocycles. The smallest absolute Gasteiger partial charge is 0.271 e. The molecule has 1 aromatic heterocycles. The van der Waals surface area contributed by atoms with Crippen LogP contribution in [0.3, 0.4) is 0 Å². The Morgan fingerprint density at radius 3 is 2.18 bits per heavy atom. The molecule has 0 saturated heterocycles. The molecule has 2 aliphatic rings. The van der Waals surface area contributed by atoms with E-state index in [2.05, 4.69) is 16.7 Å². The Hall–Kier alpha value is -4.77. The number of benzene rings is 3. The van der Waals surface area contributed by atoms with Crippen molar-refractivity contribution in [3.63, 3.8) is 0 Å². The Morgan fingerprint density at radius 1 is 0.932 bits per heavy atom. The van der Waals surface area contributed by atoms with Gasteiger partial charge in [0.1, 0.15) is 11.1 Å². The summed E-state index contributed by atoms with van der Waals surface area (Å²) in [6.07, 6.45) is -2.14. The summed E-state index contributed by atoms with van der Waals surface area (Å²) in [6, 6.07) is 24.7. The summed E-state index contributed by atoms with van der Waals surface area (Å²) < 4.78 is 71.0. The largest absolute Gasteiger partial charge is 0.433 e.